The number of carbonyl (C=O) groups excluding carboxylic acids is 3. The van der Waals surface area contributed by atoms with Crippen molar-refractivity contribution in [1.29, 1.82) is 0 Å². The van der Waals surface area contributed by atoms with Crippen molar-refractivity contribution >= 4 is 41.2 Å². The van der Waals surface area contributed by atoms with Crippen LogP contribution in [0.5, 0.6) is 0 Å². The van der Waals surface area contributed by atoms with E-state index in [4.69, 9.17) is 9.47 Å². The van der Waals surface area contributed by atoms with Gasteiger partial charge in [0.2, 0.25) is 0 Å². The van der Waals surface area contributed by atoms with Crippen molar-refractivity contribution in [2.24, 2.45) is 0 Å². The van der Waals surface area contributed by atoms with Gasteiger partial charge in [-0.2, -0.15) is 0 Å². The van der Waals surface area contributed by atoms with E-state index in [-0.39, 0.29) is 22.9 Å². The molecule has 36 heavy (non-hydrogen) atoms. The summed E-state index contributed by atoms with van der Waals surface area (Å²) >= 11 is 0. The number of nitro groups is 1. The zero-order valence-corrected chi connectivity index (χ0v) is 21.4. The Labute approximate surface area is 208 Å². The quantitative estimate of drug-likeness (QED) is 0.244. The Bertz CT molecular complexity index is 1170. The zero-order valence-electron chi connectivity index (χ0n) is 21.4. The molecule has 0 fully saturated rings. The van der Waals surface area contributed by atoms with E-state index in [1.165, 1.54) is 25.2 Å². The summed E-state index contributed by atoms with van der Waals surface area (Å²) in [6, 6.07) is 4.72. The minimum Gasteiger partial charge on any atom is -0.465 e. The molecular weight excluding hydrogens is 474 g/mol. The van der Waals surface area contributed by atoms with E-state index in [0.717, 1.165) is 29.3 Å². The van der Waals surface area contributed by atoms with E-state index in [1.807, 2.05) is 0 Å². The van der Waals surface area contributed by atoms with Crippen LogP contribution in [0, 0.1) is 10.1 Å². The summed E-state index contributed by atoms with van der Waals surface area (Å²) in [7, 11) is 2.55. The van der Waals surface area contributed by atoms with Gasteiger partial charge in [-0.15, -0.1) is 0 Å². The molecule has 13 nitrogen and oxygen atoms in total. The average molecular weight is 504 g/mol. The molecule has 0 spiro atoms. The molecule has 0 bridgehead atoms. The van der Waals surface area contributed by atoms with Crippen LogP contribution in [0.3, 0.4) is 0 Å². The van der Waals surface area contributed by atoms with Gasteiger partial charge >= 0.3 is 18.2 Å². The van der Waals surface area contributed by atoms with E-state index < -0.39 is 40.0 Å². The third-order valence-electron chi connectivity index (χ3n) is 4.29. The lowest BCUT2D eigenvalue weighted by Crippen LogP contribution is -2.36. The van der Waals surface area contributed by atoms with E-state index in [2.05, 4.69) is 14.7 Å². The number of nitrogens with zero attached hydrogens (tertiary/aromatic N) is 5. The summed E-state index contributed by atoms with van der Waals surface area (Å²) in [5.74, 6) is -0.869. The van der Waals surface area contributed by atoms with Gasteiger partial charge in [0.05, 0.1) is 17.6 Å². The SMILES string of the molecule is COC(=O)c1ccc(N(C(=O)OC(C)(C)C)c2cc(N(C)C(=O)OC(C)(C)C)ncn2)c([N+](=O)[O-])c1. The van der Waals surface area contributed by atoms with Gasteiger partial charge in [0, 0.05) is 19.2 Å². The highest BCUT2D eigenvalue weighted by atomic mass is 16.6. The second kappa shape index (κ2) is 10.5. The fraction of sp³-hybridized carbons (Fsp3) is 0.435. The number of methoxy groups -OCH3 is 1. The Hall–Kier alpha value is -4.29. The van der Waals surface area contributed by atoms with Crippen molar-refractivity contribution in [1.82, 2.24) is 9.97 Å². The van der Waals surface area contributed by atoms with Crippen molar-refractivity contribution in [3.05, 3.63) is 46.3 Å². The molecule has 2 amide bonds. The fourth-order valence-corrected chi connectivity index (χ4v) is 2.79. The molecule has 0 unspecified atom stereocenters. The summed E-state index contributed by atoms with van der Waals surface area (Å²) in [6.07, 6.45) is -0.622. The fourth-order valence-electron chi connectivity index (χ4n) is 2.79. The van der Waals surface area contributed by atoms with Gasteiger partial charge in [0.1, 0.15) is 34.9 Å². The Balaban J connectivity index is 2.67. The Morgan fingerprint density at radius 3 is 2.00 bits per heavy atom. The number of ether oxygens (including phenoxy) is 3. The first-order valence-electron chi connectivity index (χ1n) is 10.7. The first-order valence-corrected chi connectivity index (χ1v) is 10.7. The number of carbonyl (C=O) groups is 3. The standard InChI is InChI=1S/C23H29N5O8/c1-22(2,3)35-20(30)26(7)17-12-18(25-13-24-17)27(21(31)36-23(4,5)6)15-10-9-14(19(29)34-8)11-16(15)28(32)33/h9-13H,1-8H3. The second-order valence-corrected chi connectivity index (χ2v) is 9.54. The van der Waals surface area contributed by atoms with Crippen LogP contribution in [0.15, 0.2) is 30.6 Å². The Morgan fingerprint density at radius 1 is 0.917 bits per heavy atom. The maximum atomic E-state index is 13.2. The predicted molar refractivity (Wildman–Crippen MR) is 129 cm³/mol. The van der Waals surface area contributed by atoms with Gasteiger partial charge in [-0.3, -0.25) is 15.0 Å². The molecule has 0 aliphatic rings. The lowest BCUT2D eigenvalue weighted by Gasteiger charge is -2.27. The third kappa shape index (κ3) is 7.10. The van der Waals surface area contributed by atoms with Crippen molar-refractivity contribution < 1.29 is 33.5 Å². The lowest BCUT2D eigenvalue weighted by atomic mass is 10.1. The van der Waals surface area contributed by atoms with Crippen molar-refractivity contribution in [2.75, 3.05) is 24.0 Å². The minimum atomic E-state index is -0.985. The normalized spacial score (nSPS) is 11.3. The van der Waals surface area contributed by atoms with Crippen LogP contribution in [0.2, 0.25) is 0 Å². The van der Waals surface area contributed by atoms with Gasteiger partial charge in [0.15, 0.2) is 0 Å². The van der Waals surface area contributed by atoms with Gasteiger partial charge in [-0.25, -0.2) is 29.3 Å². The van der Waals surface area contributed by atoms with E-state index in [9.17, 15) is 24.5 Å². The zero-order chi connectivity index (χ0) is 27.4. The summed E-state index contributed by atoms with van der Waals surface area (Å²) < 4.78 is 15.4. The monoisotopic (exact) mass is 503 g/mol. The summed E-state index contributed by atoms with van der Waals surface area (Å²) in [5.41, 5.74) is -2.63. The van der Waals surface area contributed by atoms with Crippen LogP contribution in [-0.2, 0) is 14.2 Å². The van der Waals surface area contributed by atoms with Crippen molar-refractivity contribution in [3.8, 4) is 0 Å². The van der Waals surface area contributed by atoms with Crippen LogP contribution < -0.4 is 9.80 Å². The Kier molecular flexibility index (Phi) is 8.18. The maximum Gasteiger partial charge on any atom is 0.420 e. The van der Waals surface area contributed by atoms with Crippen molar-refractivity contribution in [3.63, 3.8) is 0 Å². The highest BCUT2D eigenvalue weighted by molar-refractivity contribution is 6.00. The van der Waals surface area contributed by atoms with E-state index in [1.54, 1.807) is 41.5 Å². The molecule has 0 radical (unpaired) electrons. The summed E-state index contributed by atoms with van der Waals surface area (Å²) in [5, 5.41) is 11.9. The molecule has 0 saturated heterocycles. The first-order chi connectivity index (χ1) is 16.5. The van der Waals surface area contributed by atoms with Crippen LogP contribution in [0.1, 0.15) is 51.9 Å². The van der Waals surface area contributed by atoms with Gasteiger partial charge in [-0.05, 0) is 53.7 Å². The molecule has 2 aromatic rings. The Morgan fingerprint density at radius 2 is 1.47 bits per heavy atom. The molecule has 0 aliphatic heterocycles. The highest BCUT2D eigenvalue weighted by Gasteiger charge is 2.33. The predicted octanol–water partition coefficient (Wildman–Crippen LogP) is 4.62. The van der Waals surface area contributed by atoms with Crippen LogP contribution >= 0.6 is 0 Å². The maximum absolute atomic E-state index is 13.2. The number of esters is 1. The minimum absolute atomic E-state index is 0.0524. The molecule has 2 rings (SSSR count). The summed E-state index contributed by atoms with van der Waals surface area (Å²) in [6.45, 7) is 9.97. The number of hydrogen-bond donors (Lipinski definition) is 0. The van der Waals surface area contributed by atoms with Crippen molar-refractivity contribution in [2.45, 2.75) is 52.7 Å². The average Bonchev–Trinajstić information content (AvgIpc) is 2.76. The van der Waals surface area contributed by atoms with Crippen LogP contribution in [0.25, 0.3) is 0 Å². The molecule has 0 aliphatic carbocycles. The molecule has 1 heterocycles. The molecular formula is C23H29N5O8. The van der Waals surface area contributed by atoms with Gasteiger partial charge in [0.25, 0.3) is 5.69 Å². The number of hydrogen-bond acceptors (Lipinski definition) is 10. The smallest absolute Gasteiger partial charge is 0.420 e. The van der Waals surface area contributed by atoms with Gasteiger partial charge < -0.3 is 14.2 Å². The number of nitro benzene ring substituents is 1. The molecule has 1 aromatic heterocycles. The highest BCUT2D eigenvalue weighted by Crippen LogP contribution is 2.36. The second-order valence-electron chi connectivity index (χ2n) is 9.54. The number of rotatable bonds is 5. The third-order valence-corrected chi connectivity index (χ3v) is 4.29. The van der Waals surface area contributed by atoms with E-state index in [0.29, 0.717) is 0 Å². The largest absolute Gasteiger partial charge is 0.465 e. The van der Waals surface area contributed by atoms with Gasteiger partial charge in [-0.1, -0.05) is 0 Å². The topological polar surface area (TPSA) is 154 Å². The van der Waals surface area contributed by atoms with Crippen LogP contribution in [0.4, 0.5) is 32.6 Å². The number of amides is 2. The molecule has 0 N–H and O–H groups in total. The molecule has 0 atom stereocenters. The molecule has 13 heteroatoms. The summed E-state index contributed by atoms with van der Waals surface area (Å²) in [4.78, 5) is 58.9. The van der Waals surface area contributed by atoms with E-state index >= 15 is 0 Å². The number of aromatic nitrogens is 2. The molecule has 1 aromatic carbocycles. The van der Waals surface area contributed by atoms with Crippen LogP contribution in [-0.4, -0.2) is 58.4 Å². The molecule has 0 saturated carbocycles. The number of anilines is 3. The molecule has 194 valence electrons. The first kappa shape index (κ1) is 28.0. The lowest BCUT2D eigenvalue weighted by molar-refractivity contribution is -0.384. The number of benzene rings is 1.